The van der Waals surface area contributed by atoms with E-state index in [1.807, 2.05) is 81.7 Å². The normalized spacial score (nSPS) is 19.2. The van der Waals surface area contributed by atoms with Gasteiger partial charge in [0.1, 0.15) is 23.7 Å². The molecule has 0 aliphatic carbocycles. The van der Waals surface area contributed by atoms with Gasteiger partial charge in [-0.2, -0.15) is 22.9 Å². The van der Waals surface area contributed by atoms with Gasteiger partial charge in [0.15, 0.2) is 5.82 Å². The number of carbonyl (C=O) groups excluding carboxylic acids is 3. The molecule has 3 fully saturated rings. The van der Waals surface area contributed by atoms with E-state index in [-0.39, 0.29) is 49.5 Å². The average molecular weight is 1020 g/mol. The number of fused-ring (bicyclic) bond motifs is 1. The first kappa shape index (κ1) is 51.2. The van der Waals surface area contributed by atoms with E-state index in [0.29, 0.717) is 44.2 Å². The van der Waals surface area contributed by atoms with Crippen LogP contribution in [0.15, 0.2) is 77.5 Å². The first-order valence-corrected chi connectivity index (χ1v) is 25.8. The average Bonchev–Trinajstić information content (AvgIpc) is 4.14. The van der Waals surface area contributed by atoms with E-state index in [1.165, 1.54) is 10.5 Å². The number of pyridine rings is 1. The fourth-order valence-electron chi connectivity index (χ4n) is 9.93. The van der Waals surface area contributed by atoms with E-state index >= 15 is 0 Å². The summed E-state index contributed by atoms with van der Waals surface area (Å²) in [5, 5.41) is 27.9. The summed E-state index contributed by atoms with van der Waals surface area (Å²) in [5.74, 6) is 6.45. The van der Waals surface area contributed by atoms with Crippen LogP contribution in [0.2, 0.25) is 0 Å². The van der Waals surface area contributed by atoms with Crippen molar-refractivity contribution in [2.75, 3.05) is 57.3 Å². The largest absolute Gasteiger partial charge is 0.453 e. The summed E-state index contributed by atoms with van der Waals surface area (Å²) < 4.78 is 41.1. The third-order valence-electron chi connectivity index (χ3n) is 14.2. The Morgan fingerprint density at radius 2 is 1.58 bits per heavy atom. The molecule has 0 bridgehead atoms. The number of hydrogen-bond donors (Lipinski definition) is 3. The van der Waals surface area contributed by atoms with Gasteiger partial charge in [-0.3, -0.25) is 19.3 Å². The van der Waals surface area contributed by atoms with E-state index < -0.39 is 35.6 Å². The standard InChI is InChI=1S/C53H61F3N12O4S/c1-34-47(73-33-59-34)40-14-9-37(10-15-40)31-58-49(71)42-29-41(69)32-67(42)50(72)48(52(2,3)4)60-46(70)21-22-64-25-27-66(28-26-64)43-16-11-36(30-57-43)6-5-35-7-12-38(13-8-35)39-19-23-65(24-20-39)45-18-17-44-61-62-51(53(54,55)56)68(44)63-45/h7-16,30,33,39,41-42,48,69H,17-29,31-32H2,1-4H3,(H,58,71)(H,60,70)/t41-,42-,48+/m0/s1. The molecular formula is C53H61F3N12O4S. The smallest absolute Gasteiger partial charge is 0.391 e. The van der Waals surface area contributed by atoms with Crippen molar-refractivity contribution in [1.82, 2.24) is 50.2 Å². The molecule has 4 aliphatic rings. The molecule has 0 spiro atoms. The van der Waals surface area contributed by atoms with Crippen molar-refractivity contribution >= 4 is 40.7 Å². The Balaban J connectivity index is 0.702. The summed E-state index contributed by atoms with van der Waals surface area (Å²) in [7, 11) is 0. The third-order valence-corrected chi connectivity index (χ3v) is 15.1. The zero-order valence-electron chi connectivity index (χ0n) is 41.5. The molecule has 5 aromatic rings. The van der Waals surface area contributed by atoms with E-state index in [4.69, 9.17) is 4.98 Å². The van der Waals surface area contributed by atoms with Crippen LogP contribution >= 0.6 is 11.3 Å². The summed E-state index contributed by atoms with van der Waals surface area (Å²) >= 11 is 1.58. The number of alkyl halides is 3. The Bertz CT molecular complexity index is 2850. The fourth-order valence-corrected chi connectivity index (χ4v) is 10.7. The van der Waals surface area contributed by atoms with Crippen molar-refractivity contribution in [1.29, 1.82) is 0 Å². The van der Waals surface area contributed by atoms with Gasteiger partial charge in [0, 0.05) is 102 Å². The van der Waals surface area contributed by atoms with Gasteiger partial charge in [-0.05, 0) is 72.1 Å². The highest BCUT2D eigenvalue weighted by Gasteiger charge is 2.45. The van der Waals surface area contributed by atoms with Crippen LogP contribution in [0.4, 0.5) is 19.0 Å². The zero-order chi connectivity index (χ0) is 51.4. The molecule has 3 N–H and O–H groups in total. The number of aromatic nitrogens is 5. The number of thiazole rings is 1. The van der Waals surface area contributed by atoms with Crippen LogP contribution in [-0.4, -0.2) is 139 Å². The second-order valence-corrected chi connectivity index (χ2v) is 21.2. The number of amides is 3. The number of amidine groups is 1. The second kappa shape index (κ2) is 21.8. The van der Waals surface area contributed by atoms with Gasteiger partial charge >= 0.3 is 6.18 Å². The number of anilines is 1. The van der Waals surface area contributed by atoms with Crippen LogP contribution in [0.25, 0.3) is 10.4 Å². The Hall–Kier alpha value is -6.69. The van der Waals surface area contributed by atoms with Crippen molar-refractivity contribution in [3.63, 3.8) is 0 Å². The highest BCUT2D eigenvalue weighted by Crippen LogP contribution is 2.33. The van der Waals surface area contributed by atoms with Crippen LogP contribution in [0, 0.1) is 24.2 Å². The summed E-state index contributed by atoms with van der Waals surface area (Å²) in [6.07, 6.45) is -0.747. The molecule has 0 radical (unpaired) electrons. The number of piperazine rings is 1. The van der Waals surface area contributed by atoms with Crippen molar-refractivity contribution in [2.45, 2.75) is 103 Å². The SMILES string of the molecule is Cc1ncsc1-c1ccc(CNC(=O)[C@@H]2C[C@H](O)CN2C(=O)[C@@H](NC(=O)CCN2CCN(c3ccc(C#Cc4ccc(C5CCN(C6=Nn7c(nnc7C(F)(F)F)CC6)CC5)cc4)cn3)CC2)C(C)(C)C)cc1. The number of aliphatic hydroxyl groups is 1. The minimum atomic E-state index is -4.61. The number of benzene rings is 2. The highest BCUT2D eigenvalue weighted by atomic mass is 32.1. The lowest BCUT2D eigenvalue weighted by Crippen LogP contribution is -2.58. The molecule has 7 heterocycles. The van der Waals surface area contributed by atoms with E-state index in [9.17, 15) is 32.7 Å². The first-order chi connectivity index (χ1) is 35.0. The molecule has 384 valence electrons. The van der Waals surface area contributed by atoms with Gasteiger partial charge in [0.25, 0.3) is 5.82 Å². The number of nitrogens with one attached hydrogen (secondary N) is 2. The maximum atomic E-state index is 14.1. The molecular weight excluding hydrogens is 958 g/mol. The summed E-state index contributed by atoms with van der Waals surface area (Å²) in [5.41, 5.74) is 6.97. The molecule has 3 saturated heterocycles. The lowest BCUT2D eigenvalue weighted by Gasteiger charge is -2.36. The van der Waals surface area contributed by atoms with Gasteiger partial charge in [-0.15, -0.1) is 21.5 Å². The molecule has 9 rings (SSSR count). The number of rotatable bonds is 11. The Morgan fingerprint density at radius 3 is 2.23 bits per heavy atom. The molecule has 3 aromatic heterocycles. The number of β-amino-alcohol motifs (C(OH)–C–C–N with tert-alkyl or cyclic N) is 1. The number of aliphatic hydroxyl groups excluding tert-OH is 1. The predicted molar refractivity (Wildman–Crippen MR) is 271 cm³/mol. The minimum absolute atomic E-state index is 0.00821. The molecule has 0 saturated carbocycles. The fraction of sp³-hybridized carbons (Fsp3) is 0.472. The maximum Gasteiger partial charge on any atom is 0.453 e. The predicted octanol–water partition coefficient (Wildman–Crippen LogP) is 5.83. The summed E-state index contributed by atoms with van der Waals surface area (Å²) in [6, 6.07) is 18.3. The monoisotopic (exact) mass is 1020 g/mol. The molecule has 20 heteroatoms. The Morgan fingerprint density at radius 1 is 0.863 bits per heavy atom. The van der Waals surface area contributed by atoms with Crippen LogP contribution in [-0.2, 0) is 33.5 Å². The van der Waals surface area contributed by atoms with Gasteiger partial charge in [0.05, 0.1) is 22.2 Å². The number of aryl methyl sites for hydroxylation is 2. The number of nitrogens with zero attached hydrogens (tertiary/aromatic N) is 10. The molecule has 3 amide bonds. The lowest BCUT2D eigenvalue weighted by molar-refractivity contribution is -0.147. The summed E-state index contributed by atoms with van der Waals surface area (Å²) in [6.45, 7) is 12.7. The Kier molecular flexibility index (Phi) is 15.3. The second-order valence-electron chi connectivity index (χ2n) is 20.3. The van der Waals surface area contributed by atoms with Crippen molar-refractivity contribution in [2.24, 2.45) is 10.5 Å². The van der Waals surface area contributed by atoms with Crippen molar-refractivity contribution in [3.8, 4) is 22.3 Å². The number of carbonyl (C=O) groups is 3. The quantitative estimate of drug-likeness (QED) is 0.136. The molecule has 0 unspecified atom stereocenters. The molecule has 2 aromatic carbocycles. The third kappa shape index (κ3) is 12.2. The molecule has 16 nitrogen and oxygen atoms in total. The van der Waals surface area contributed by atoms with E-state index in [2.05, 4.69) is 69.6 Å². The zero-order valence-corrected chi connectivity index (χ0v) is 42.3. The highest BCUT2D eigenvalue weighted by molar-refractivity contribution is 7.13. The van der Waals surface area contributed by atoms with Crippen LogP contribution in [0.1, 0.15) is 98.4 Å². The topological polar surface area (TPSA) is 177 Å². The number of piperidine rings is 1. The molecule has 3 atom stereocenters. The molecule has 4 aliphatic heterocycles. The number of halogens is 3. The van der Waals surface area contributed by atoms with E-state index in [1.54, 1.807) is 17.5 Å². The summed E-state index contributed by atoms with van der Waals surface area (Å²) in [4.78, 5) is 59.2. The van der Waals surface area contributed by atoms with E-state index in [0.717, 1.165) is 82.3 Å². The lowest BCUT2D eigenvalue weighted by atomic mass is 9.85. The van der Waals surface area contributed by atoms with Crippen LogP contribution in [0.3, 0.4) is 0 Å². The maximum absolute atomic E-state index is 14.1. The Labute approximate surface area is 427 Å². The van der Waals surface area contributed by atoms with Gasteiger partial charge in [-0.1, -0.05) is 69.0 Å². The van der Waals surface area contributed by atoms with Gasteiger partial charge < -0.3 is 30.4 Å². The van der Waals surface area contributed by atoms with Crippen LogP contribution in [0.5, 0.6) is 0 Å². The van der Waals surface area contributed by atoms with Crippen LogP contribution < -0.4 is 15.5 Å². The van der Waals surface area contributed by atoms with Gasteiger partial charge in [-0.25, -0.2) is 9.97 Å². The molecule has 73 heavy (non-hydrogen) atoms. The van der Waals surface area contributed by atoms with Gasteiger partial charge in [0.2, 0.25) is 17.7 Å². The number of likely N-dealkylation sites (tertiary alicyclic amines) is 2. The number of hydrogen-bond acceptors (Lipinski definition) is 13. The first-order valence-electron chi connectivity index (χ1n) is 24.9. The minimum Gasteiger partial charge on any atom is -0.391 e. The van der Waals surface area contributed by atoms with Crippen molar-refractivity contribution in [3.05, 3.63) is 112 Å². The van der Waals surface area contributed by atoms with Crippen molar-refractivity contribution < 1.29 is 32.7 Å².